The van der Waals surface area contributed by atoms with Crippen LogP contribution >= 0.6 is 0 Å². The Kier molecular flexibility index (Phi) is 5.14. The van der Waals surface area contributed by atoms with Crippen molar-refractivity contribution in [3.05, 3.63) is 158 Å². The van der Waals surface area contributed by atoms with Crippen molar-refractivity contribution in [3.8, 4) is 22.3 Å². The van der Waals surface area contributed by atoms with Gasteiger partial charge < -0.3 is 8.83 Å². The highest BCUT2D eigenvalue weighted by Crippen LogP contribution is 2.49. The smallest absolute Gasteiger partial charge is 0.143 e. The quantitative estimate of drug-likeness (QED) is 0.144. The van der Waals surface area contributed by atoms with E-state index in [-0.39, 0.29) is 0 Å². The summed E-state index contributed by atoms with van der Waals surface area (Å²) in [6, 6.07) is 56.3. The van der Waals surface area contributed by atoms with E-state index in [1.165, 1.54) is 54.6 Å². The van der Waals surface area contributed by atoms with Crippen molar-refractivity contribution < 1.29 is 8.83 Å². The monoisotopic (exact) mass is 610 g/mol. The molecule has 2 nitrogen and oxygen atoms in total. The third kappa shape index (κ3) is 3.41. The Bertz CT molecular complexity index is 2880. The predicted octanol–water partition coefficient (Wildman–Crippen LogP) is 13.4. The lowest BCUT2D eigenvalue weighted by atomic mass is 9.87. The van der Waals surface area contributed by atoms with Gasteiger partial charge in [-0.05, 0) is 68.1 Å². The first-order valence-corrected chi connectivity index (χ1v) is 16.4. The maximum Gasteiger partial charge on any atom is 0.143 e. The molecule has 0 unspecified atom stereocenters. The first-order chi connectivity index (χ1) is 23.8. The number of hydrogen-bond donors (Lipinski definition) is 0. The van der Waals surface area contributed by atoms with Crippen LogP contribution in [0.2, 0.25) is 0 Å². The largest absolute Gasteiger partial charge is 0.455 e. The number of hydrogen-bond acceptors (Lipinski definition) is 2. The van der Waals surface area contributed by atoms with Crippen molar-refractivity contribution in [3.63, 3.8) is 0 Å². The highest BCUT2D eigenvalue weighted by Gasteiger charge is 2.23. The Morgan fingerprint density at radius 1 is 0.271 bits per heavy atom. The fraction of sp³-hybridized carbons (Fsp3) is 0. The molecule has 9 aromatic carbocycles. The van der Waals surface area contributed by atoms with E-state index < -0.39 is 0 Å². The van der Waals surface area contributed by atoms with Crippen molar-refractivity contribution in [2.75, 3.05) is 0 Å². The summed E-state index contributed by atoms with van der Waals surface area (Å²) in [5.41, 5.74) is 8.34. The fourth-order valence-corrected chi connectivity index (χ4v) is 8.22. The van der Waals surface area contributed by atoms with E-state index in [1.54, 1.807) is 0 Å². The van der Waals surface area contributed by atoms with E-state index in [1.807, 2.05) is 0 Å². The van der Waals surface area contributed by atoms with Gasteiger partial charge >= 0.3 is 0 Å². The summed E-state index contributed by atoms with van der Waals surface area (Å²) in [7, 11) is 0. The molecule has 0 aliphatic heterocycles. The van der Waals surface area contributed by atoms with E-state index in [2.05, 4.69) is 158 Å². The van der Waals surface area contributed by atoms with E-state index >= 15 is 0 Å². The van der Waals surface area contributed by atoms with Gasteiger partial charge in [-0.1, -0.05) is 133 Å². The van der Waals surface area contributed by atoms with Gasteiger partial charge in [0.05, 0.1) is 0 Å². The van der Waals surface area contributed by atoms with Crippen LogP contribution in [0.5, 0.6) is 0 Å². The zero-order chi connectivity index (χ0) is 31.3. The van der Waals surface area contributed by atoms with Gasteiger partial charge in [-0.25, -0.2) is 0 Å². The van der Waals surface area contributed by atoms with Crippen molar-refractivity contribution in [1.29, 1.82) is 0 Å². The molecule has 2 aromatic heterocycles. The van der Waals surface area contributed by atoms with Crippen LogP contribution in [0.25, 0.3) is 109 Å². The SMILES string of the molecule is c1ccc(-c2cc3c(oc4cccc5c4c3c3cccc4oc6c7ccccc7c(-c7ccccc7)cc6c5c43)c3ccccc23)cc1. The molecule has 0 saturated carbocycles. The van der Waals surface area contributed by atoms with Gasteiger partial charge in [-0.15, -0.1) is 0 Å². The lowest BCUT2D eigenvalue weighted by molar-refractivity contribution is 0.665. The van der Waals surface area contributed by atoms with Gasteiger partial charge in [-0.2, -0.15) is 0 Å². The third-order valence-corrected chi connectivity index (χ3v) is 10.2. The van der Waals surface area contributed by atoms with Crippen LogP contribution in [-0.4, -0.2) is 0 Å². The lowest BCUT2D eigenvalue weighted by Crippen LogP contribution is -1.92. The molecule has 0 aliphatic rings. The van der Waals surface area contributed by atoms with Crippen LogP contribution in [0.15, 0.2) is 167 Å². The number of rotatable bonds is 2. The Labute approximate surface area is 275 Å². The molecule has 0 N–H and O–H groups in total. The number of benzene rings is 9. The Morgan fingerprint density at radius 2 is 0.646 bits per heavy atom. The van der Waals surface area contributed by atoms with E-state index in [0.717, 1.165) is 54.6 Å². The second-order valence-electron chi connectivity index (χ2n) is 12.7. The summed E-state index contributed by atoms with van der Waals surface area (Å²) >= 11 is 0. The molecule has 222 valence electrons. The predicted molar refractivity (Wildman–Crippen MR) is 202 cm³/mol. The molecular formula is C46H26O2. The Balaban J connectivity index is 1.41. The molecule has 0 radical (unpaired) electrons. The molecular weight excluding hydrogens is 585 g/mol. The molecule has 0 bridgehead atoms. The number of fused-ring (bicyclic) bond motifs is 10. The maximum atomic E-state index is 6.97. The first-order valence-electron chi connectivity index (χ1n) is 16.4. The van der Waals surface area contributed by atoms with Gasteiger partial charge in [0.1, 0.15) is 22.3 Å². The van der Waals surface area contributed by atoms with Crippen LogP contribution in [0.3, 0.4) is 0 Å². The van der Waals surface area contributed by atoms with E-state index in [4.69, 9.17) is 8.83 Å². The normalized spacial score (nSPS) is 12.2. The van der Waals surface area contributed by atoms with Crippen molar-refractivity contribution in [1.82, 2.24) is 0 Å². The van der Waals surface area contributed by atoms with Gasteiger partial charge in [0.15, 0.2) is 0 Å². The molecule has 0 amide bonds. The van der Waals surface area contributed by atoms with Crippen LogP contribution in [-0.2, 0) is 0 Å². The molecule has 0 atom stereocenters. The summed E-state index contributed by atoms with van der Waals surface area (Å²) < 4.78 is 13.9. The van der Waals surface area contributed by atoms with E-state index in [0.29, 0.717) is 0 Å². The lowest BCUT2D eigenvalue weighted by Gasteiger charge is -2.19. The summed E-state index contributed by atoms with van der Waals surface area (Å²) in [5.74, 6) is 0. The fourth-order valence-electron chi connectivity index (χ4n) is 8.22. The topological polar surface area (TPSA) is 26.3 Å². The zero-order valence-corrected chi connectivity index (χ0v) is 25.8. The minimum Gasteiger partial charge on any atom is -0.455 e. The molecule has 0 fully saturated rings. The summed E-state index contributed by atoms with van der Waals surface area (Å²) in [6.07, 6.45) is 0. The van der Waals surface area contributed by atoms with Gasteiger partial charge in [-0.3, -0.25) is 0 Å². The molecule has 2 heterocycles. The zero-order valence-electron chi connectivity index (χ0n) is 25.8. The molecule has 11 aromatic rings. The van der Waals surface area contributed by atoms with Gasteiger partial charge in [0, 0.05) is 43.1 Å². The molecule has 0 saturated heterocycles. The van der Waals surface area contributed by atoms with Crippen LogP contribution in [0.1, 0.15) is 0 Å². The van der Waals surface area contributed by atoms with Gasteiger partial charge in [0.25, 0.3) is 0 Å². The average molecular weight is 611 g/mol. The minimum absolute atomic E-state index is 0.883. The summed E-state index contributed by atoms with van der Waals surface area (Å²) in [4.78, 5) is 0. The molecule has 0 aliphatic carbocycles. The third-order valence-electron chi connectivity index (χ3n) is 10.2. The molecule has 48 heavy (non-hydrogen) atoms. The minimum atomic E-state index is 0.883. The van der Waals surface area contributed by atoms with Crippen LogP contribution in [0, 0.1) is 0 Å². The Hall–Kier alpha value is -6.38. The van der Waals surface area contributed by atoms with Gasteiger partial charge in [0.2, 0.25) is 0 Å². The highest BCUT2D eigenvalue weighted by molar-refractivity contribution is 6.41. The van der Waals surface area contributed by atoms with Crippen molar-refractivity contribution in [2.24, 2.45) is 0 Å². The second-order valence-corrected chi connectivity index (χ2v) is 12.7. The van der Waals surface area contributed by atoms with Crippen molar-refractivity contribution >= 4 is 87.0 Å². The summed E-state index contributed by atoms with van der Waals surface area (Å²) in [5, 5.41) is 13.8. The first kappa shape index (κ1) is 25.8. The summed E-state index contributed by atoms with van der Waals surface area (Å²) in [6.45, 7) is 0. The molecule has 11 rings (SSSR count). The highest BCUT2D eigenvalue weighted by atomic mass is 16.3. The standard InChI is InChI=1S/C46H26O2/c1-3-13-27(14-4-1)35-25-37-41-33-21-11-24-40-44(33)42(34-22-12-23-39(43(34)41)47-45(37)31-19-9-7-17-29(31)35)38-26-36(28-15-5-2-6-16-28)30-18-8-10-20-32(30)46(38)48-40/h1-26H. The maximum absolute atomic E-state index is 6.97. The Morgan fingerprint density at radius 3 is 1.08 bits per heavy atom. The second kappa shape index (κ2) is 9.57. The molecule has 0 spiro atoms. The molecule has 2 heteroatoms. The van der Waals surface area contributed by atoms with Crippen LogP contribution in [0.4, 0.5) is 0 Å². The van der Waals surface area contributed by atoms with Crippen LogP contribution < -0.4 is 0 Å². The van der Waals surface area contributed by atoms with Crippen molar-refractivity contribution in [2.45, 2.75) is 0 Å². The average Bonchev–Trinajstić information content (AvgIpc) is 3.16. The van der Waals surface area contributed by atoms with E-state index in [9.17, 15) is 0 Å².